The van der Waals surface area contributed by atoms with Gasteiger partial charge < -0.3 is 29.9 Å². The maximum absolute atomic E-state index is 14.4. The van der Waals surface area contributed by atoms with Crippen molar-refractivity contribution in [1.29, 1.82) is 0 Å². The van der Waals surface area contributed by atoms with Gasteiger partial charge in [-0.2, -0.15) is 13.2 Å². The Morgan fingerprint density at radius 3 is 2.48 bits per heavy atom. The first kappa shape index (κ1) is 27.6. The van der Waals surface area contributed by atoms with Crippen molar-refractivity contribution in [3.8, 4) is 0 Å². The first-order chi connectivity index (χ1) is 19.2. The van der Waals surface area contributed by atoms with Crippen molar-refractivity contribution >= 4 is 34.5 Å². The third-order valence-electron chi connectivity index (χ3n) is 6.65. The van der Waals surface area contributed by atoms with Crippen LogP contribution in [0, 0.1) is 5.82 Å². The van der Waals surface area contributed by atoms with E-state index in [0.29, 0.717) is 50.1 Å². The summed E-state index contributed by atoms with van der Waals surface area (Å²) >= 11 is 0. The zero-order valence-corrected chi connectivity index (χ0v) is 21.7. The number of anilines is 5. The quantitative estimate of drug-likeness (QED) is 0.389. The Hall–Kier alpha value is -3.97. The van der Waals surface area contributed by atoms with Gasteiger partial charge in [0, 0.05) is 38.1 Å². The molecule has 1 atom stereocenters. The number of hydrogen-bond donors (Lipinski definition) is 2. The van der Waals surface area contributed by atoms with E-state index >= 15 is 0 Å². The third kappa shape index (κ3) is 6.42. The number of halogens is 4. The molecule has 2 N–H and O–H groups in total. The molecule has 2 saturated heterocycles. The molecule has 1 unspecified atom stereocenters. The molecule has 0 aliphatic carbocycles. The molecule has 9 nitrogen and oxygen atoms in total. The van der Waals surface area contributed by atoms with E-state index in [2.05, 4.69) is 20.6 Å². The van der Waals surface area contributed by atoms with Gasteiger partial charge in [0.05, 0.1) is 42.5 Å². The molecule has 13 heteroatoms. The second-order valence-electron chi connectivity index (χ2n) is 9.48. The number of morpholine rings is 1. The maximum atomic E-state index is 14.4. The van der Waals surface area contributed by atoms with Gasteiger partial charge in [-0.1, -0.05) is 0 Å². The standard InChI is InChI=1S/C27H28F4N6O3/c1-36(24-3-2-8-40-24)23-5-4-18(15-32-23)35-26(38)22-14-20(16-33-25(22)27(29,30)31)34-19-11-17(28)12-21(13-19)37-6-9-39-10-7-37/h4-5,11-16,24,34H,2-3,6-10H2,1H3,(H,35,38). The van der Waals surface area contributed by atoms with E-state index in [1.165, 1.54) is 18.3 Å². The summed E-state index contributed by atoms with van der Waals surface area (Å²) in [4.78, 5) is 24.6. The first-order valence-corrected chi connectivity index (χ1v) is 12.8. The van der Waals surface area contributed by atoms with Crippen molar-refractivity contribution < 1.29 is 31.8 Å². The Labute approximate surface area is 228 Å². The van der Waals surface area contributed by atoms with E-state index in [9.17, 15) is 22.4 Å². The number of amides is 1. The number of nitrogens with zero attached hydrogens (tertiary/aromatic N) is 4. The van der Waals surface area contributed by atoms with Crippen molar-refractivity contribution in [2.75, 3.05) is 60.4 Å². The first-order valence-electron chi connectivity index (χ1n) is 12.8. The zero-order chi connectivity index (χ0) is 28.3. The molecule has 3 aromatic rings. The molecular formula is C27H28F4N6O3. The van der Waals surface area contributed by atoms with Crippen LogP contribution < -0.4 is 20.4 Å². The number of benzene rings is 1. The lowest BCUT2D eigenvalue weighted by Crippen LogP contribution is -2.36. The Bertz CT molecular complexity index is 1340. The van der Waals surface area contributed by atoms with Crippen LogP contribution in [0.4, 0.5) is 46.1 Å². The van der Waals surface area contributed by atoms with E-state index in [1.807, 2.05) is 16.8 Å². The lowest BCUT2D eigenvalue weighted by atomic mass is 10.1. The van der Waals surface area contributed by atoms with Gasteiger partial charge in [-0.25, -0.2) is 14.4 Å². The number of rotatable bonds is 7. The van der Waals surface area contributed by atoms with Gasteiger partial charge in [-0.15, -0.1) is 0 Å². The van der Waals surface area contributed by atoms with Gasteiger partial charge in [0.1, 0.15) is 17.9 Å². The van der Waals surface area contributed by atoms with Crippen molar-refractivity contribution in [3.05, 3.63) is 65.9 Å². The van der Waals surface area contributed by atoms with Crippen LogP contribution in [0.25, 0.3) is 0 Å². The highest BCUT2D eigenvalue weighted by molar-refractivity contribution is 6.05. The van der Waals surface area contributed by atoms with E-state index < -0.39 is 29.2 Å². The molecule has 0 spiro atoms. The highest BCUT2D eigenvalue weighted by Crippen LogP contribution is 2.33. The lowest BCUT2D eigenvalue weighted by molar-refractivity contribution is -0.141. The Balaban J connectivity index is 1.35. The van der Waals surface area contributed by atoms with Gasteiger partial charge >= 0.3 is 6.18 Å². The topological polar surface area (TPSA) is 91.9 Å². The summed E-state index contributed by atoms with van der Waals surface area (Å²) in [5.74, 6) is -0.940. The Morgan fingerprint density at radius 2 is 1.80 bits per heavy atom. The molecule has 4 heterocycles. The Kier molecular flexibility index (Phi) is 8.03. The van der Waals surface area contributed by atoms with Crippen LogP contribution in [0.2, 0.25) is 0 Å². The minimum absolute atomic E-state index is 0.0864. The predicted octanol–water partition coefficient (Wildman–Crippen LogP) is 5.04. The van der Waals surface area contributed by atoms with Crippen LogP contribution in [-0.2, 0) is 15.7 Å². The summed E-state index contributed by atoms with van der Waals surface area (Å²) in [6, 6.07) is 8.49. The molecule has 2 fully saturated rings. The van der Waals surface area contributed by atoms with Crippen LogP contribution >= 0.6 is 0 Å². The number of pyridine rings is 2. The highest BCUT2D eigenvalue weighted by Gasteiger charge is 2.37. The smallest absolute Gasteiger partial charge is 0.378 e. The van der Waals surface area contributed by atoms with Crippen LogP contribution in [0.1, 0.15) is 28.9 Å². The Morgan fingerprint density at radius 1 is 1.02 bits per heavy atom. The summed E-state index contributed by atoms with van der Waals surface area (Å²) in [7, 11) is 1.83. The molecule has 5 rings (SSSR count). The van der Waals surface area contributed by atoms with Gasteiger partial charge in [-0.3, -0.25) is 4.79 Å². The molecular weight excluding hydrogens is 532 g/mol. The van der Waals surface area contributed by atoms with Crippen LogP contribution in [0.5, 0.6) is 0 Å². The fourth-order valence-corrected chi connectivity index (χ4v) is 4.63. The normalized spacial score (nSPS) is 17.5. The molecule has 1 amide bonds. The van der Waals surface area contributed by atoms with Crippen LogP contribution in [0.15, 0.2) is 48.8 Å². The molecule has 0 radical (unpaired) electrons. The molecule has 2 aliphatic heterocycles. The number of ether oxygens (including phenoxy) is 2. The summed E-state index contributed by atoms with van der Waals surface area (Å²) in [5.41, 5.74) is -0.840. The second-order valence-corrected chi connectivity index (χ2v) is 9.48. The van der Waals surface area contributed by atoms with Crippen molar-refractivity contribution in [2.24, 2.45) is 0 Å². The van der Waals surface area contributed by atoms with Crippen molar-refractivity contribution in [3.63, 3.8) is 0 Å². The SMILES string of the molecule is CN(c1ccc(NC(=O)c2cc(Nc3cc(F)cc(N4CCOCC4)c3)cnc2C(F)(F)F)cn1)C1CCCO1. The van der Waals surface area contributed by atoms with E-state index in [0.717, 1.165) is 25.1 Å². The molecule has 2 aromatic heterocycles. The largest absolute Gasteiger partial charge is 0.434 e. The molecule has 0 bridgehead atoms. The molecule has 0 saturated carbocycles. The van der Waals surface area contributed by atoms with Crippen LogP contribution in [0.3, 0.4) is 0 Å². The van der Waals surface area contributed by atoms with Gasteiger partial charge in [0.15, 0.2) is 5.69 Å². The fraction of sp³-hybridized carbons (Fsp3) is 0.370. The predicted molar refractivity (Wildman–Crippen MR) is 142 cm³/mol. The fourth-order valence-electron chi connectivity index (χ4n) is 4.63. The average molecular weight is 561 g/mol. The minimum atomic E-state index is -4.88. The highest BCUT2D eigenvalue weighted by atomic mass is 19.4. The summed E-state index contributed by atoms with van der Waals surface area (Å²) in [6.45, 7) is 2.83. The number of alkyl halides is 3. The van der Waals surface area contributed by atoms with E-state index in [4.69, 9.17) is 9.47 Å². The molecule has 40 heavy (non-hydrogen) atoms. The molecule has 1 aromatic carbocycles. The lowest BCUT2D eigenvalue weighted by Gasteiger charge is -2.29. The maximum Gasteiger partial charge on any atom is 0.434 e. The summed E-state index contributed by atoms with van der Waals surface area (Å²) in [6.07, 6.45) is -0.858. The average Bonchev–Trinajstić information content (AvgIpc) is 3.48. The van der Waals surface area contributed by atoms with Gasteiger partial charge in [0.2, 0.25) is 0 Å². The molecule has 2 aliphatic rings. The number of aromatic nitrogens is 2. The van der Waals surface area contributed by atoms with Gasteiger partial charge in [0.25, 0.3) is 5.91 Å². The van der Waals surface area contributed by atoms with Crippen LogP contribution in [-0.4, -0.2) is 62.1 Å². The number of hydrogen-bond acceptors (Lipinski definition) is 8. The minimum Gasteiger partial charge on any atom is -0.378 e. The van der Waals surface area contributed by atoms with E-state index in [1.54, 1.807) is 18.2 Å². The van der Waals surface area contributed by atoms with E-state index in [-0.39, 0.29) is 17.6 Å². The number of carbonyl (C=O) groups is 1. The summed E-state index contributed by atoms with van der Waals surface area (Å²) < 4.78 is 66.6. The monoisotopic (exact) mass is 560 g/mol. The summed E-state index contributed by atoms with van der Waals surface area (Å²) in [5, 5.41) is 5.33. The number of carbonyl (C=O) groups excluding carboxylic acids is 1. The number of nitrogens with one attached hydrogen (secondary N) is 2. The van der Waals surface area contributed by atoms with Crippen molar-refractivity contribution in [1.82, 2.24) is 9.97 Å². The molecule has 212 valence electrons. The van der Waals surface area contributed by atoms with Gasteiger partial charge in [-0.05, 0) is 49.2 Å². The third-order valence-corrected chi connectivity index (χ3v) is 6.65. The zero-order valence-electron chi connectivity index (χ0n) is 21.7. The van der Waals surface area contributed by atoms with Crippen molar-refractivity contribution in [2.45, 2.75) is 25.2 Å². The second kappa shape index (κ2) is 11.6.